The Kier molecular flexibility index (Phi) is 11.7. The van der Waals surface area contributed by atoms with Crippen LogP contribution in [0.4, 0.5) is 4.79 Å². The normalized spacial score (nSPS) is 11.3. The number of carboxylic acids is 2. The summed E-state index contributed by atoms with van der Waals surface area (Å²) in [4.78, 5) is 59.2. The van der Waals surface area contributed by atoms with E-state index in [2.05, 4.69) is 10.6 Å². The van der Waals surface area contributed by atoms with E-state index < -0.39 is 47.6 Å². The van der Waals surface area contributed by atoms with Gasteiger partial charge in [-0.05, 0) is 45.6 Å². The summed E-state index contributed by atoms with van der Waals surface area (Å²) in [5.41, 5.74) is -1.29. The second kappa shape index (κ2) is 13.9. The third kappa shape index (κ3) is 13.6. The van der Waals surface area contributed by atoms with Crippen LogP contribution in [-0.4, -0.2) is 57.8 Å². The van der Waals surface area contributed by atoms with Crippen LogP contribution in [0.2, 0.25) is 0 Å². The smallest absolute Gasteiger partial charge is 0.407 e. The molecule has 194 valence electrons. The van der Waals surface area contributed by atoms with Crippen molar-refractivity contribution in [3.8, 4) is 0 Å². The van der Waals surface area contributed by atoms with Gasteiger partial charge in [0, 0.05) is 24.8 Å². The summed E-state index contributed by atoms with van der Waals surface area (Å²) in [6.07, 6.45) is -1.97. The Morgan fingerprint density at radius 1 is 0.857 bits per heavy atom. The topological polar surface area (TPSA) is 168 Å². The van der Waals surface area contributed by atoms with Gasteiger partial charge in [0.05, 0.1) is 0 Å². The molecule has 2 amide bonds. The van der Waals surface area contributed by atoms with Crippen LogP contribution in [0, 0.1) is 0 Å². The second-order valence-electron chi connectivity index (χ2n) is 9.12. The monoisotopic (exact) mass is 494 g/mol. The van der Waals surface area contributed by atoms with Crippen LogP contribution in [0.1, 0.15) is 64.9 Å². The minimum Gasteiger partial charge on any atom is -0.481 e. The molecule has 0 bridgehead atoms. The van der Waals surface area contributed by atoms with E-state index in [4.69, 9.17) is 19.7 Å². The summed E-state index contributed by atoms with van der Waals surface area (Å²) in [6, 6.07) is 8.93. The Bertz CT molecular complexity index is 861. The van der Waals surface area contributed by atoms with Crippen LogP contribution >= 0.6 is 0 Å². The molecule has 0 unspecified atom stereocenters. The fraction of sp³-hybridized carbons (Fsp3) is 0.542. The first-order chi connectivity index (χ1) is 16.3. The van der Waals surface area contributed by atoms with Crippen molar-refractivity contribution in [3.05, 3.63) is 35.9 Å². The van der Waals surface area contributed by atoms with Gasteiger partial charge in [-0.2, -0.15) is 0 Å². The van der Waals surface area contributed by atoms with Crippen LogP contribution in [0.3, 0.4) is 0 Å². The van der Waals surface area contributed by atoms with E-state index in [0.717, 1.165) is 5.56 Å². The van der Waals surface area contributed by atoms with Crippen molar-refractivity contribution in [3.63, 3.8) is 0 Å². The first-order valence-corrected chi connectivity index (χ1v) is 11.2. The van der Waals surface area contributed by atoms with Gasteiger partial charge < -0.3 is 30.3 Å². The third-order valence-corrected chi connectivity index (χ3v) is 4.87. The summed E-state index contributed by atoms with van der Waals surface area (Å²) in [5.74, 6) is -3.52. The molecule has 0 atom stereocenters. The van der Waals surface area contributed by atoms with Gasteiger partial charge >= 0.3 is 24.0 Å². The highest BCUT2D eigenvalue weighted by Crippen LogP contribution is 2.27. The first kappa shape index (κ1) is 29.4. The zero-order valence-electron chi connectivity index (χ0n) is 20.3. The summed E-state index contributed by atoms with van der Waals surface area (Å²) in [5, 5.41) is 23.3. The Hall–Kier alpha value is -3.63. The number of alkyl carbamates (subject to hydrolysis) is 1. The highest BCUT2D eigenvalue weighted by molar-refractivity contribution is 5.83. The lowest BCUT2D eigenvalue weighted by Crippen LogP contribution is -2.52. The number of carbonyl (C=O) groups excluding carboxylic acids is 3. The molecule has 0 heterocycles. The lowest BCUT2D eigenvalue weighted by atomic mass is 9.83. The highest BCUT2D eigenvalue weighted by Gasteiger charge is 2.34. The number of hydrogen-bond acceptors (Lipinski definition) is 7. The molecular weight excluding hydrogens is 460 g/mol. The minimum atomic E-state index is -1.31. The largest absolute Gasteiger partial charge is 0.481 e. The average molecular weight is 495 g/mol. The number of carbonyl (C=O) groups is 5. The van der Waals surface area contributed by atoms with Crippen LogP contribution in [0.15, 0.2) is 30.3 Å². The second-order valence-corrected chi connectivity index (χ2v) is 9.12. The summed E-state index contributed by atoms with van der Waals surface area (Å²) in [7, 11) is 0. The Balaban J connectivity index is 2.82. The number of aliphatic carboxylic acids is 2. The molecule has 0 aliphatic carbocycles. The zero-order valence-corrected chi connectivity index (χ0v) is 20.3. The van der Waals surface area contributed by atoms with E-state index in [-0.39, 0.29) is 45.1 Å². The van der Waals surface area contributed by atoms with E-state index in [1.165, 1.54) is 0 Å². The molecule has 0 aliphatic rings. The Labute approximate surface area is 204 Å². The molecule has 1 aromatic rings. The molecule has 4 N–H and O–H groups in total. The number of esters is 1. The van der Waals surface area contributed by atoms with Gasteiger partial charge in [0.25, 0.3) is 0 Å². The SMILES string of the molecule is CC(C)(C)OC(=O)CCC(CCC(=O)O)(CCC(=O)O)NC(=O)CNC(=O)OCc1ccccc1. The number of hydrogen-bond donors (Lipinski definition) is 4. The highest BCUT2D eigenvalue weighted by atomic mass is 16.6. The van der Waals surface area contributed by atoms with E-state index in [9.17, 15) is 24.0 Å². The molecule has 0 aromatic heterocycles. The van der Waals surface area contributed by atoms with Gasteiger partial charge in [0.2, 0.25) is 5.91 Å². The van der Waals surface area contributed by atoms with Crippen molar-refractivity contribution >= 4 is 29.9 Å². The third-order valence-electron chi connectivity index (χ3n) is 4.87. The number of amides is 2. The van der Waals surface area contributed by atoms with Crippen molar-refractivity contribution in [1.29, 1.82) is 0 Å². The minimum absolute atomic E-state index is 0.00530. The van der Waals surface area contributed by atoms with Crippen molar-refractivity contribution in [1.82, 2.24) is 10.6 Å². The quantitative estimate of drug-likeness (QED) is 0.284. The molecule has 11 heteroatoms. The number of ether oxygens (including phenoxy) is 2. The number of nitrogens with one attached hydrogen (secondary N) is 2. The number of benzene rings is 1. The van der Waals surface area contributed by atoms with Crippen LogP contribution in [0.5, 0.6) is 0 Å². The molecule has 1 aromatic carbocycles. The van der Waals surface area contributed by atoms with Crippen molar-refractivity contribution in [2.75, 3.05) is 6.54 Å². The summed E-state index contributed by atoms with van der Waals surface area (Å²) >= 11 is 0. The molecule has 35 heavy (non-hydrogen) atoms. The molecule has 1 rings (SSSR count). The van der Waals surface area contributed by atoms with Crippen molar-refractivity contribution < 1.29 is 43.7 Å². The lowest BCUT2D eigenvalue weighted by molar-refractivity contribution is -0.155. The van der Waals surface area contributed by atoms with Gasteiger partial charge in [0.15, 0.2) is 0 Å². The van der Waals surface area contributed by atoms with E-state index in [1.54, 1.807) is 45.0 Å². The first-order valence-electron chi connectivity index (χ1n) is 11.2. The molecule has 0 saturated carbocycles. The maximum atomic E-state index is 12.6. The molecule has 0 aliphatic heterocycles. The summed E-state index contributed by atoms with van der Waals surface area (Å²) in [6.45, 7) is 4.60. The molecule has 0 spiro atoms. The Morgan fingerprint density at radius 3 is 1.91 bits per heavy atom. The maximum Gasteiger partial charge on any atom is 0.407 e. The number of carboxylic acid groups (broad SMARTS) is 2. The molecule has 0 fully saturated rings. The van der Waals surface area contributed by atoms with E-state index >= 15 is 0 Å². The standard InChI is InChI=1S/C24H34N2O9/c1-23(2,3)35-21(32)11-14-24(12-9-19(28)29,13-10-20(30)31)26-18(27)15-25-22(33)34-16-17-7-5-4-6-8-17/h4-8H,9-16H2,1-3H3,(H,25,33)(H,26,27)(H,28,29)(H,30,31). The predicted molar refractivity (Wildman–Crippen MR) is 124 cm³/mol. The fourth-order valence-corrected chi connectivity index (χ4v) is 3.26. The van der Waals surface area contributed by atoms with Crippen molar-refractivity contribution in [2.45, 2.75) is 77.0 Å². The van der Waals surface area contributed by atoms with Gasteiger partial charge in [-0.25, -0.2) is 4.79 Å². The molecule has 0 radical (unpaired) electrons. The fourth-order valence-electron chi connectivity index (χ4n) is 3.26. The van der Waals surface area contributed by atoms with E-state index in [1.807, 2.05) is 6.07 Å². The predicted octanol–water partition coefficient (Wildman–Crippen LogP) is 2.62. The lowest BCUT2D eigenvalue weighted by Gasteiger charge is -2.35. The van der Waals surface area contributed by atoms with Gasteiger partial charge in [-0.15, -0.1) is 0 Å². The number of rotatable bonds is 14. The Morgan fingerprint density at radius 2 is 1.40 bits per heavy atom. The maximum absolute atomic E-state index is 12.6. The average Bonchev–Trinajstić information content (AvgIpc) is 2.76. The molecule has 11 nitrogen and oxygen atoms in total. The van der Waals surface area contributed by atoms with Crippen LogP contribution in [0.25, 0.3) is 0 Å². The summed E-state index contributed by atoms with van der Waals surface area (Å²) < 4.78 is 10.3. The molecule has 0 saturated heterocycles. The van der Waals surface area contributed by atoms with Gasteiger partial charge in [-0.3, -0.25) is 19.2 Å². The zero-order chi connectivity index (χ0) is 26.5. The van der Waals surface area contributed by atoms with Crippen molar-refractivity contribution in [2.24, 2.45) is 0 Å². The molecular formula is C24H34N2O9. The van der Waals surface area contributed by atoms with Gasteiger partial charge in [-0.1, -0.05) is 30.3 Å². The van der Waals surface area contributed by atoms with E-state index in [0.29, 0.717) is 0 Å². The van der Waals surface area contributed by atoms with Gasteiger partial charge in [0.1, 0.15) is 18.8 Å². The van der Waals surface area contributed by atoms with Crippen LogP contribution in [-0.2, 0) is 35.3 Å². The van der Waals surface area contributed by atoms with Crippen LogP contribution < -0.4 is 10.6 Å².